The Labute approximate surface area is 83.5 Å². The van der Waals surface area contributed by atoms with Crippen molar-refractivity contribution in [1.29, 1.82) is 0 Å². The second kappa shape index (κ2) is 4.04. The molecule has 2 aromatic rings. The van der Waals surface area contributed by atoms with Crippen molar-refractivity contribution in [1.82, 2.24) is 10.1 Å². The van der Waals surface area contributed by atoms with Crippen LogP contribution in [0.15, 0.2) is 35.2 Å². The summed E-state index contributed by atoms with van der Waals surface area (Å²) in [6, 6.07) is 6.08. The van der Waals surface area contributed by atoms with Crippen molar-refractivity contribution in [2.45, 2.75) is 6.61 Å². The van der Waals surface area contributed by atoms with Gasteiger partial charge in [0.2, 0.25) is 12.2 Å². The fourth-order valence-electron chi connectivity index (χ4n) is 1.11. The van der Waals surface area contributed by atoms with E-state index >= 15 is 0 Å². The molecule has 0 radical (unpaired) electrons. The van der Waals surface area contributed by atoms with Crippen LogP contribution in [0, 0.1) is 0 Å². The van der Waals surface area contributed by atoms with Gasteiger partial charge in [-0.2, -0.15) is 13.8 Å². The number of halogens is 2. The second-order valence-corrected chi connectivity index (χ2v) is 2.66. The summed E-state index contributed by atoms with van der Waals surface area (Å²) in [6.45, 7) is -2.84. The van der Waals surface area contributed by atoms with E-state index in [0.29, 0.717) is 11.4 Å². The molecule has 0 bridgehead atoms. The summed E-state index contributed by atoms with van der Waals surface area (Å²) in [4.78, 5) is 3.79. The van der Waals surface area contributed by atoms with E-state index in [-0.39, 0.29) is 5.75 Å². The van der Waals surface area contributed by atoms with Crippen LogP contribution in [0.25, 0.3) is 11.4 Å². The van der Waals surface area contributed by atoms with Gasteiger partial charge in [-0.1, -0.05) is 17.3 Å². The lowest BCUT2D eigenvalue weighted by Gasteiger charge is -2.04. The van der Waals surface area contributed by atoms with E-state index in [1.807, 2.05) is 0 Å². The number of hydrogen-bond acceptors (Lipinski definition) is 4. The number of alkyl halides is 2. The summed E-state index contributed by atoms with van der Waals surface area (Å²) in [7, 11) is 0. The van der Waals surface area contributed by atoms with E-state index < -0.39 is 6.61 Å². The van der Waals surface area contributed by atoms with Crippen molar-refractivity contribution in [3.8, 4) is 17.1 Å². The highest BCUT2D eigenvalue weighted by Crippen LogP contribution is 2.21. The predicted octanol–water partition coefficient (Wildman–Crippen LogP) is 2.34. The minimum absolute atomic E-state index is 0.0623. The summed E-state index contributed by atoms with van der Waals surface area (Å²) in [5, 5.41) is 3.58. The molecule has 0 saturated heterocycles. The molecule has 1 heterocycles. The van der Waals surface area contributed by atoms with Crippen molar-refractivity contribution < 1.29 is 18.0 Å². The summed E-state index contributed by atoms with van der Waals surface area (Å²) >= 11 is 0. The van der Waals surface area contributed by atoms with Gasteiger partial charge in [-0.3, -0.25) is 0 Å². The van der Waals surface area contributed by atoms with Crippen molar-refractivity contribution in [3.05, 3.63) is 30.7 Å². The molecule has 6 heteroatoms. The van der Waals surface area contributed by atoms with E-state index in [1.54, 1.807) is 12.1 Å². The minimum atomic E-state index is -2.84. The molecule has 0 atom stereocenters. The molecule has 0 saturated carbocycles. The molecule has 4 nitrogen and oxygen atoms in total. The lowest BCUT2D eigenvalue weighted by molar-refractivity contribution is -0.0498. The summed E-state index contributed by atoms with van der Waals surface area (Å²) in [5.41, 5.74) is 0.557. The Bertz CT molecular complexity index is 431. The third-order valence-corrected chi connectivity index (χ3v) is 1.68. The standard InChI is InChI=1S/C9H6F2N2O2/c10-9(11)15-7-3-1-2-6(4-7)8-12-5-14-13-8/h1-5,9H. The highest BCUT2D eigenvalue weighted by molar-refractivity contribution is 5.56. The Hall–Kier alpha value is -1.98. The Morgan fingerprint density at radius 1 is 1.33 bits per heavy atom. The molecular formula is C9H6F2N2O2. The maximum atomic E-state index is 11.9. The van der Waals surface area contributed by atoms with E-state index in [2.05, 4.69) is 19.4 Å². The Kier molecular flexibility index (Phi) is 2.57. The first-order valence-electron chi connectivity index (χ1n) is 4.07. The lowest BCUT2D eigenvalue weighted by Crippen LogP contribution is -2.01. The van der Waals surface area contributed by atoms with Gasteiger partial charge in [-0.25, -0.2) is 0 Å². The fraction of sp³-hybridized carbons (Fsp3) is 0.111. The van der Waals surface area contributed by atoms with Crippen LogP contribution in [0.5, 0.6) is 5.75 Å². The number of benzene rings is 1. The van der Waals surface area contributed by atoms with Gasteiger partial charge in [0.1, 0.15) is 5.75 Å². The monoisotopic (exact) mass is 212 g/mol. The molecule has 0 unspecified atom stereocenters. The molecule has 78 valence electrons. The first kappa shape index (κ1) is 9.57. The zero-order valence-electron chi connectivity index (χ0n) is 7.43. The topological polar surface area (TPSA) is 48.2 Å². The molecule has 15 heavy (non-hydrogen) atoms. The van der Waals surface area contributed by atoms with Gasteiger partial charge in [-0.05, 0) is 12.1 Å². The Morgan fingerprint density at radius 3 is 2.87 bits per heavy atom. The van der Waals surface area contributed by atoms with Crippen molar-refractivity contribution in [2.75, 3.05) is 0 Å². The zero-order valence-corrected chi connectivity index (χ0v) is 7.43. The van der Waals surface area contributed by atoms with Gasteiger partial charge in [0.05, 0.1) is 0 Å². The average molecular weight is 212 g/mol. The van der Waals surface area contributed by atoms with Crippen LogP contribution in [0.2, 0.25) is 0 Å². The summed E-state index contributed by atoms with van der Waals surface area (Å²) in [5.74, 6) is 0.391. The van der Waals surface area contributed by atoms with Crippen molar-refractivity contribution in [2.24, 2.45) is 0 Å². The van der Waals surface area contributed by atoms with E-state index in [9.17, 15) is 8.78 Å². The van der Waals surface area contributed by atoms with Gasteiger partial charge >= 0.3 is 6.61 Å². The molecule has 0 fully saturated rings. The number of rotatable bonds is 3. The molecule has 0 aliphatic rings. The largest absolute Gasteiger partial charge is 0.435 e. The van der Waals surface area contributed by atoms with Crippen LogP contribution in [-0.4, -0.2) is 16.8 Å². The minimum Gasteiger partial charge on any atom is -0.435 e. The third kappa shape index (κ3) is 2.28. The van der Waals surface area contributed by atoms with Crippen LogP contribution in [0.1, 0.15) is 0 Å². The van der Waals surface area contributed by atoms with Crippen LogP contribution in [-0.2, 0) is 0 Å². The number of nitrogens with zero attached hydrogens (tertiary/aromatic N) is 2. The number of hydrogen-bond donors (Lipinski definition) is 0. The highest BCUT2D eigenvalue weighted by Gasteiger charge is 2.07. The molecule has 0 amide bonds. The summed E-state index contributed by atoms with van der Waals surface area (Å²) < 4.78 is 32.6. The lowest BCUT2D eigenvalue weighted by atomic mass is 10.2. The van der Waals surface area contributed by atoms with E-state index in [0.717, 1.165) is 6.39 Å². The van der Waals surface area contributed by atoms with Crippen LogP contribution in [0.4, 0.5) is 8.78 Å². The number of aromatic nitrogens is 2. The normalized spacial score (nSPS) is 10.6. The molecule has 1 aromatic carbocycles. The Balaban J connectivity index is 2.27. The maximum absolute atomic E-state index is 11.9. The molecule has 0 aliphatic heterocycles. The first-order valence-corrected chi connectivity index (χ1v) is 4.07. The quantitative estimate of drug-likeness (QED) is 0.783. The molecule has 0 N–H and O–H groups in total. The second-order valence-electron chi connectivity index (χ2n) is 2.66. The molecule has 1 aromatic heterocycles. The van der Waals surface area contributed by atoms with Gasteiger partial charge in [-0.15, -0.1) is 0 Å². The van der Waals surface area contributed by atoms with Crippen LogP contribution in [0.3, 0.4) is 0 Å². The molecule has 0 aliphatic carbocycles. The van der Waals surface area contributed by atoms with Gasteiger partial charge in [0.25, 0.3) is 0 Å². The molecule has 2 rings (SSSR count). The third-order valence-electron chi connectivity index (χ3n) is 1.68. The van der Waals surface area contributed by atoms with Gasteiger partial charge in [0, 0.05) is 5.56 Å². The maximum Gasteiger partial charge on any atom is 0.387 e. The van der Waals surface area contributed by atoms with Crippen molar-refractivity contribution in [3.63, 3.8) is 0 Å². The summed E-state index contributed by atoms with van der Waals surface area (Å²) in [6.07, 6.45) is 1.16. The SMILES string of the molecule is FC(F)Oc1cccc(-c2ncon2)c1. The van der Waals surface area contributed by atoms with Gasteiger partial charge < -0.3 is 9.26 Å². The van der Waals surface area contributed by atoms with E-state index in [4.69, 9.17) is 0 Å². The van der Waals surface area contributed by atoms with Gasteiger partial charge in [0.15, 0.2) is 0 Å². The fourth-order valence-corrected chi connectivity index (χ4v) is 1.11. The predicted molar refractivity (Wildman–Crippen MR) is 46.4 cm³/mol. The van der Waals surface area contributed by atoms with Crippen LogP contribution >= 0.6 is 0 Å². The number of ether oxygens (including phenoxy) is 1. The molecule has 0 spiro atoms. The Morgan fingerprint density at radius 2 is 2.20 bits per heavy atom. The highest BCUT2D eigenvalue weighted by atomic mass is 19.3. The zero-order chi connectivity index (χ0) is 10.7. The molecular weight excluding hydrogens is 206 g/mol. The average Bonchev–Trinajstić information content (AvgIpc) is 2.69. The van der Waals surface area contributed by atoms with Crippen molar-refractivity contribution >= 4 is 0 Å². The van der Waals surface area contributed by atoms with E-state index in [1.165, 1.54) is 12.1 Å². The first-order chi connectivity index (χ1) is 7.25. The smallest absolute Gasteiger partial charge is 0.387 e. The van der Waals surface area contributed by atoms with Crippen LogP contribution < -0.4 is 4.74 Å².